The number of rotatable bonds is 4. The van der Waals surface area contributed by atoms with Gasteiger partial charge >= 0.3 is 0 Å². The van der Waals surface area contributed by atoms with Crippen LogP contribution in [0, 0.1) is 12.8 Å². The van der Waals surface area contributed by atoms with Gasteiger partial charge < -0.3 is 0 Å². The van der Waals surface area contributed by atoms with Crippen LogP contribution < -0.4 is 0 Å². The molecule has 0 spiro atoms. The van der Waals surface area contributed by atoms with Gasteiger partial charge in [0, 0.05) is 18.2 Å². The average molecular weight is 374 g/mol. The molecule has 0 radical (unpaired) electrons. The second-order valence-electron chi connectivity index (χ2n) is 6.22. The van der Waals surface area contributed by atoms with Crippen LogP contribution in [0.3, 0.4) is 0 Å². The number of hydrogen-bond acceptors (Lipinski definition) is 6. The van der Waals surface area contributed by atoms with Gasteiger partial charge in [-0.05, 0) is 31.0 Å². The summed E-state index contributed by atoms with van der Waals surface area (Å²) in [5.41, 5.74) is 1.91. The monoisotopic (exact) mass is 374 g/mol. The molecule has 0 N–H and O–H groups in total. The summed E-state index contributed by atoms with van der Waals surface area (Å²) < 4.78 is 26.3. The summed E-state index contributed by atoms with van der Waals surface area (Å²) in [6, 6.07) is 6.05. The van der Waals surface area contributed by atoms with Gasteiger partial charge in [0.15, 0.2) is 15.7 Å². The fourth-order valence-corrected chi connectivity index (χ4v) is 5.30. The fraction of sp³-hybridized carbons (Fsp3) is 0.353. The van der Waals surface area contributed by atoms with E-state index in [0.29, 0.717) is 6.42 Å². The number of hydrogen-bond donors (Lipinski definition) is 0. The lowest BCUT2D eigenvalue weighted by Gasteiger charge is -2.09. The lowest BCUT2D eigenvalue weighted by atomic mass is 10.1. The third-order valence-electron chi connectivity index (χ3n) is 4.21. The van der Waals surface area contributed by atoms with E-state index in [4.69, 9.17) is 0 Å². The Labute approximate surface area is 150 Å². The fourth-order valence-electron chi connectivity index (χ4n) is 3.04. The van der Waals surface area contributed by atoms with Crippen LogP contribution in [0.25, 0.3) is 15.9 Å². The second-order valence-corrected chi connectivity index (χ2v) is 9.38. The van der Waals surface area contributed by atoms with E-state index in [1.54, 1.807) is 17.4 Å². The quantitative estimate of drug-likeness (QED) is 0.702. The summed E-state index contributed by atoms with van der Waals surface area (Å²) in [4.78, 5) is 9.10. The van der Waals surface area contributed by atoms with Gasteiger partial charge in [0.1, 0.15) is 5.82 Å². The van der Waals surface area contributed by atoms with Crippen molar-refractivity contribution in [1.82, 2.24) is 19.7 Å². The Kier molecular flexibility index (Phi) is 3.96. The number of thiazole rings is 1. The summed E-state index contributed by atoms with van der Waals surface area (Å²) in [6.45, 7) is 4.01. The maximum Gasteiger partial charge on any atom is 0.171 e. The Balaban J connectivity index is 1.72. The Morgan fingerprint density at radius 1 is 1.32 bits per heavy atom. The average Bonchev–Trinajstić information content (AvgIpc) is 3.22. The van der Waals surface area contributed by atoms with E-state index in [2.05, 4.69) is 21.1 Å². The molecule has 3 aromatic rings. The van der Waals surface area contributed by atoms with E-state index in [9.17, 15) is 8.42 Å². The molecule has 130 valence electrons. The molecule has 1 aliphatic rings. The minimum atomic E-state index is -3.06. The molecule has 8 heteroatoms. The van der Waals surface area contributed by atoms with Gasteiger partial charge in [0.05, 0.1) is 26.7 Å². The van der Waals surface area contributed by atoms with Gasteiger partial charge in [-0.15, -0.1) is 11.3 Å². The first kappa shape index (κ1) is 16.4. The number of fused-ring (bicyclic) bond motifs is 1. The second kappa shape index (κ2) is 6.03. The van der Waals surface area contributed by atoms with Crippen LogP contribution in [0.4, 0.5) is 0 Å². The summed E-state index contributed by atoms with van der Waals surface area (Å²) in [6.07, 6.45) is 3.05. The molecule has 0 unspecified atom stereocenters. The predicted octanol–water partition coefficient (Wildman–Crippen LogP) is 2.85. The first-order valence-electron chi connectivity index (χ1n) is 8.17. The van der Waals surface area contributed by atoms with E-state index in [-0.39, 0.29) is 11.7 Å². The molecular weight excluding hydrogens is 356 g/mol. The van der Waals surface area contributed by atoms with Crippen LogP contribution in [0.1, 0.15) is 23.6 Å². The molecule has 0 amide bonds. The van der Waals surface area contributed by atoms with Gasteiger partial charge in [0.2, 0.25) is 0 Å². The van der Waals surface area contributed by atoms with Crippen LogP contribution in [0.15, 0.2) is 29.7 Å². The first-order valence-corrected chi connectivity index (χ1v) is 10.7. The Bertz CT molecular complexity index is 1080. The first-order chi connectivity index (χ1) is 11.9. The van der Waals surface area contributed by atoms with E-state index < -0.39 is 9.84 Å². The Morgan fingerprint density at radius 2 is 2.16 bits per heavy atom. The molecule has 4 rings (SSSR count). The van der Waals surface area contributed by atoms with E-state index >= 15 is 0 Å². The standard InChI is InChI=1S/C17H18N4O2S2/c1-3-16-19-17(8-12-6-7-25(22,23)10-12)21(20-16)13-4-5-14-15(9-13)24-11(2)18-14/h4-7,9,12H,3,8,10H2,1-2H3/t12-/m0/s1. The molecule has 1 aliphatic heterocycles. The molecule has 3 heterocycles. The molecule has 0 aliphatic carbocycles. The number of sulfone groups is 1. The summed E-state index contributed by atoms with van der Waals surface area (Å²) in [5.74, 6) is 1.66. The zero-order chi connectivity index (χ0) is 17.6. The summed E-state index contributed by atoms with van der Waals surface area (Å²) in [5, 5.41) is 6.95. The highest BCUT2D eigenvalue weighted by molar-refractivity contribution is 7.94. The molecule has 0 bridgehead atoms. The molecule has 2 aromatic heterocycles. The minimum absolute atomic E-state index is 0.0490. The third-order valence-corrected chi connectivity index (χ3v) is 6.61. The third kappa shape index (κ3) is 3.23. The van der Waals surface area contributed by atoms with Gasteiger partial charge in [-0.2, -0.15) is 5.10 Å². The number of aryl methyl sites for hydroxylation is 2. The molecule has 1 atom stereocenters. The largest absolute Gasteiger partial charge is 0.242 e. The maximum absolute atomic E-state index is 11.7. The molecule has 1 aromatic carbocycles. The van der Waals surface area contributed by atoms with Gasteiger partial charge in [-0.25, -0.2) is 23.1 Å². The van der Waals surface area contributed by atoms with Crippen molar-refractivity contribution in [2.75, 3.05) is 5.75 Å². The number of allylic oxidation sites excluding steroid dienone is 1. The number of aromatic nitrogens is 4. The summed E-state index contributed by atoms with van der Waals surface area (Å²) in [7, 11) is -3.06. The summed E-state index contributed by atoms with van der Waals surface area (Å²) >= 11 is 1.65. The van der Waals surface area contributed by atoms with Crippen LogP contribution in [-0.4, -0.2) is 33.9 Å². The van der Waals surface area contributed by atoms with Crippen molar-refractivity contribution >= 4 is 31.4 Å². The highest BCUT2D eigenvalue weighted by Crippen LogP contribution is 2.26. The van der Waals surface area contributed by atoms with Crippen molar-refractivity contribution in [3.05, 3.63) is 46.3 Å². The van der Waals surface area contributed by atoms with Crippen molar-refractivity contribution in [1.29, 1.82) is 0 Å². The van der Waals surface area contributed by atoms with E-state index in [0.717, 1.165) is 39.0 Å². The van der Waals surface area contributed by atoms with Crippen molar-refractivity contribution in [2.45, 2.75) is 26.7 Å². The van der Waals surface area contributed by atoms with Crippen LogP contribution >= 0.6 is 11.3 Å². The molecule has 25 heavy (non-hydrogen) atoms. The maximum atomic E-state index is 11.7. The van der Waals surface area contributed by atoms with Crippen LogP contribution in [0.5, 0.6) is 0 Å². The molecule has 0 fully saturated rings. The van der Waals surface area contributed by atoms with Gasteiger partial charge in [-0.3, -0.25) is 0 Å². The highest BCUT2D eigenvalue weighted by atomic mass is 32.2. The highest BCUT2D eigenvalue weighted by Gasteiger charge is 2.24. The Hall–Kier alpha value is -2.06. The number of nitrogens with zero attached hydrogens (tertiary/aromatic N) is 4. The van der Waals surface area contributed by atoms with Crippen LogP contribution in [0.2, 0.25) is 0 Å². The van der Waals surface area contributed by atoms with E-state index in [1.165, 1.54) is 5.41 Å². The van der Waals surface area contributed by atoms with Crippen molar-refractivity contribution < 1.29 is 8.42 Å². The smallest absolute Gasteiger partial charge is 0.171 e. The van der Waals surface area contributed by atoms with E-state index in [1.807, 2.05) is 30.7 Å². The zero-order valence-electron chi connectivity index (χ0n) is 14.0. The van der Waals surface area contributed by atoms with Gasteiger partial charge in [-0.1, -0.05) is 13.0 Å². The minimum Gasteiger partial charge on any atom is -0.242 e. The van der Waals surface area contributed by atoms with Gasteiger partial charge in [0.25, 0.3) is 0 Å². The van der Waals surface area contributed by atoms with Crippen molar-refractivity contribution in [2.24, 2.45) is 5.92 Å². The Morgan fingerprint density at radius 3 is 2.88 bits per heavy atom. The topological polar surface area (TPSA) is 77.7 Å². The normalized spacial score (nSPS) is 19.0. The molecule has 6 nitrogen and oxygen atoms in total. The van der Waals surface area contributed by atoms with Crippen molar-refractivity contribution in [3.63, 3.8) is 0 Å². The molecule has 0 saturated carbocycles. The van der Waals surface area contributed by atoms with Crippen LogP contribution in [-0.2, 0) is 22.7 Å². The predicted molar refractivity (Wildman–Crippen MR) is 98.8 cm³/mol. The zero-order valence-corrected chi connectivity index (χ0v) is 15.6. The lowest BCUT2D eigenvalue weighted by Crippen LogP contribution is -2.12. The SMILES string of the molecule is CCc1nc(C[C@@H]2C=CS(=O)(=O)C2)n(-c2ccc3nc(C)sc3c2)n1. The number of benzene rings is 1. The van der Waals surface area contributed by atoms with Crippen molar-refractivity contribution in [3.8, 4) is 5.69 Å². The molecular formula is C17H18N4O2S2. The lowest BCUT2D eigenvalue weighted by molar-refractivity contribution is 0.593. The molecule has 0 saturated heterocycles.